The first-order valence-electron chi connectivity index (χ1n) is 11.2. The van der Waals surface area contributed by atoms with Gasteiger partial charge in [-0.15, -0.1) is 11.3 Å². The molecule has 2 N–H and O–H groups in total. The molecule has 0 bridgehead atoms. The van der Waals surface area contributed by atoms with Crippen LogP contribution in [0.15, 0.2) is 71.1 Å². The molecule has 3 heterocycles. The standard InChI is InChI=1S/C25H24ClN3O4S2/c26-21-8-7-17(14-24(21)35(31,32)29-9-11-33-12-10-29)25(30)28-16-20(23-6-3-13-34-23)19-15-27-22-5-2-1-4-18(19)22/h1-8,13-15,20,27H,9-12,16H2,(H,28,30)/t20-/m0/s1. The van der Waals surface area contributed by atoms with E-state index in [4.69, 9.17) is 16.3 Å². The van der Waals surface area contributed by atoms with Crippen LogP contribution in [-0.4, -0.2) is 56.5 Å². The van der Waals surface area contributed by atoms with Crippen molar-refractivity contribution in [1.82, 2.24) is 14.6 Å². The zero-order chi connectivity index (χ0) is 24.4. The molecule has 182 valence electrons. The summed E-state index contributed by atoms with van der Waals surface area (Å²) in [7, 11) is -3.84. The molecule has 10 heteroatoms. The summed E-state index contributed by atoms with van der Waals surface area (Å²) in [6.07, 6.45) is 1.98. The van der Waals surface area contributed by atoms with Crippen molar-refractivity contribution in [2.45, 2.75) is 10.8 Å². The van der Waals surface area contributed by atoms with Gasteiger partial charge < -0.3 is 15.0 Å². The minimum Gasteiger partial charge on any atom is -0.379 e. The fraction of sp³-hybridized carbons (Fsp3) is 0.240. The minimum atomic E-state index is -3.84. The number of aromatic amines is 1. The molecule has 0 aliphatic carbocycles. The molecular formula is C25H24ClN3O4S2. The van der Waals surface area contributed by atoms with Crippen LogP contribution in [0.1, 0.15) is 26.7 Å². The van der Waals surface area contributed by atoms with E-state index in [1.54, 1.807) is 17.4 Å². The van der Waals surface area contributed by atoms with Gasteiger partial charge in [-0.3, -0.25) is 4.79 Å². The number of ether oxygens (including phenoxy) is 1. The van der Waals surface area contributed by atoms with Crippen molar-refractivity contribution in [2.24, 2.45) is 0 Å². The van der Waals surface area contributed by atoms with Gasteiger partial charge in [-0.05, 0) is 41.3 Å². The molecular weight excluding hydrogens is 506 g/mol. The number of thiophene rings is 1. The molecule has 5 rings (SSSR count). The summed E-state index contributed by atoms with van der Waals surface area (Å²) in [5.74, 6) is -0.416. The number of para-hydroxylation sites is 1. The summed E-state index contributed by atoms with van der Waals surface area (Å²) in [6, 6.07) is 16.5. The topological polar surface area (TPSA) is 91.5 Å². The highest BCUT2D eigenvalue weighted by atomic mass is 35.5. The van der Waals surface area contributed by atoms with E-state index in [9.17, 15) is 13.2 Å². The lowest BCUT2D eigenvalue weighted by Crippen LogP contribution is -2.40. The number of H-pyrrole nitrogens is 1. The number of sulfonamides is 1. The number of morpholine rings is 1. The van der Waals surface area contributed by atoms with Crippen LogP contribution in [-0.2, 0) is 14.8 Å². The molecule has 1 aliphatic rings. The average Bonchev–Trinajstić information content (AvgIpc) is 3.56. The number of hydrogen-bond acceptors (Lipinski definition) is 5. The first-order valence-corrected chi connectivity index (χ1v) is 13.9. The molecule has 0 unspecified atom stereocenters. The molecule has 0 spiro atoms. The van der Waals surface area contributed by atoms with Crippen molar-refractivity contribution in [3.8, 4) is 0 Å². The predicted octanol–water partition coefficient (Wildman–Crippen LogP) is 4.47. The van der Waals surface area contributed by atoms with Crippen LogP contribution in [0.2, 0.25) is 5.02 Å². The van der Waals surface area contributed by atoms with Gasteiger partial charge in [0.2, 0.25) is 10.0 Å². The molecule has 1 saturated heterocycles. The summed E-state index contributed by atoms with van der Waals surface area (Å²) >= 11 is 7.88. The lowest BCUT2D eigenvalue weighted by molar-refractivity contribution is 0.0730. The van der Waals surface area contributed by atoms with Crippen molar-refractivity contribution in [3.05, 3.63) is 87.2 Å². The highest BCUT2D eigenvalue weighted by molar-refractivity contribution is 7.89. The molecule has 1 aliphatic heterocycles. The lowest BCUT2D eigenvalue weighted by Gasteiger charge is -2.26. The van der Waals surface area contributed by atoms with Gasteiger partial charge in [0.05, 0.1) is 18.2 Å². The van der Waals surface area contributed by atoms with Crippen LogP contribution < -0.4 is 5.32 Å². The Morgan fingerprint density at radius 1 is 1.14 bits per heavy atom. The number of nitrogens with zero attached hydrogens (tertiary/aromatic N) is 1. The summed E-state index contributed by atoms with van der Waals surface area (Å²) in [5, 5.41) is 6.20. The maximum atomic E-state index is 13.1. The van der Waals surface area contributed by atoms with Gasteiger partial charge in [0.25, 0.3) is 5.91 Å². The van der Waals surface area contributed by atoms with E-state index in [1.807, 2.05) is 35.8 Å². The normalized spacial score (nSPS) is 15.8. The number of aromatic nitrogens is 1. The van der Waals surface area contributed by atoms with Crippen molar-refractivity contribution in [1.29, 1.82) is 0 Å². The Kier molecular flexibility index (Phi) is 6.95. The number of nitrogens with one attached hydrogen (secondary N) is 2. The fourth-order valence-corrected chi connectivity index (χ4v) is 7.06. The monoisotopic (exact) mass is 529 g/mol. The molecule has 2 aromatic heterocycles. The predicted molar refractivity (Wildman–Crippen MR) is 138 cm³/mol. The second-order valence-electron chi connectivity index (χ2n) is 8.23. The molecule has 4 aromatic rings. The van der Waals surface area contributed by atoms with Crippen molar-refractivity contribution >= 4 is 49.8 Å². The summed E-state index contributed by atoms with van der Waals surface area (Å²) in [5.41, 5.74) is 2.37. The third kappa shape index (κ3) is 4.87. The zero-order valence-electron chi connectivity index (χ0n) is 18.7. The minimum absolute atomic E-state index is 0.0565. The second kappa shape index (κ2) is 10.1. The largest absolute Gasteiger partial charge is 0.379 e. The number of halogens is 1. The van der Waals surface area contributed by atoms with Crippen LogP contribution in [0.5, 0.6) is 0 Å². The summed E-state index contributed by atoms with van der Waals surface area (Å²) < 4.78 is 32.9. The molecule has 1 amide bonds. The highest BCUT2D eigenvalue weighted by Crippen LogP contribution is 2.33. The first-order chi connectivity index (χ1) is 16.9. The van der Waals surface area contributed by atoms with Gasteiger partial charge in [-0.25, -0.2) is 8.42 Å². The Hall–Kier alpha value is -2.69. The van der Waals surface area contributed by atoms with E-state index in [1.165, 1.54) is 16.4 Å². The summed E-state index contributed by atoms with van der Waals surface area (Å²) in [6.45, 7) is 1.52. The lowest BCUT2D eigenvalue weighted by atomic mass is 9.96. The second-order valence-corrected chi connectivity index (χ2v) is 11.5. The van der Waals surface area contributed by atoms with E-state index < -0.39 is 10.0 Å². The molecule has 7 nitrogen and oxygen atoms in total. The fourth-order valence-electron chi connectivity index (χ4n) is 4.30. The SMILES string of the molecule is O=C(NC[C@H](c1cccs1)c1c[nH]c2ccccc12)c1ccc(Cl)c(S(=O)(=O)N2CCOCC2)c1. The number of carbonyl (C=O) groups excluding carboxylic acids is 1. The Bertz CT molecular complexity index is 1440. The number of fused-ring (bicyclic) bond motifs is 1. The molecule has 0 radical (unpaired) electrons. The first kappa shape index (κ1) is 24.0. The molecule has 0 saturated carbocycles. The molecule has 35 heavy (non-hydrogen) atoms. The van der Waals surface area contributed by atoms with E-state index in [2.05, 4.69) is 22.4 Å². The van der Waals surface area contributed by atoms with E-state index in [0.29, 0.717) is 19.8 Å². The number of carbonyl (C=O) groups is 1. The van der Waals surface area contributed by atoms with Gasteiger partial charge in [0.15, 0.2) is 0 Å². The Labute approximate surface area is 212 Å². The quantitative estimate of drug-likeness (QED) is 0.369. The zero-order valence-corrected chi connectivity index (χ0v) is 21.1. The highest BCUT2D eigenvalue weighted by Gasteiger charge is 2.29. The van der Waals surface area contributed by atoms with Gasteiger partial charge in [-0.1, -0.05) is 35.9 Å². The molecule has 2 aromatic carbocycles. The Balaban J connectivity index is 1.39. The summed E-state index contributed by atoms with van der Waals surface area (Å²) in [4.78, 5) is 17.5. The van der Waals surface area contributed by atoms with Crippen molar-refractivity contribution < 1.29 is 17.9 Å². The van der Waals surface area contributed by atoms with E-state index in [-0.39, 0.29) is 40.4 Å². The number of rotatable bonds is 7. The Morgan fingerprint density at radius 3 is 2.71 bits per heavy atom. The molecule has 1 fully saturated rings. The molecule has 1 atom stereocenters. The van der Waals surface area contributed by atoms with Crippen molar-refractivity contribution in [3.63, 3.8) is 0 Å². The third-order valence-corrected chi connectivity index (χ3v) is 9.50. The van der Waals surface area contributed by atoms with Crippen molar-refractivity contribution in [2.75, 3.05) is 32.8 Å². The van der Waals surface area contributed by atoms with Crippen LogP contribution >= 0.6 is 22.9 Å². The van der Waals surface area contributed by atoms with Crippen LogP contribution in [0, 0.1) is 0 Å². The van der Waals surface area contributed by atoms with E-state index >= 15 is 0 Å². The number of amides is 1. The van der Waals surface area contributed by atoms with Crippen LogP contribution in [0.25, 0.3) is 10.9 Å². The number of hydrogen-bond donors (Lipinski definition) is 2. The van der Waals surface area contributed by atoms with Gasteiger partial charge in [0.1, 0.15) is 4.90 Å². The maximum absolute atomic E-state index is 13.1. The van der Waals surface area contributed by atoms with Crippen LogP contribution in [0.4, 0.5) is 0 Å². The maximum Gasteiger partial charge on any atom is 0.251 e. The Morgan fingerprint density at radius 2 is 1.94 bits per heavy atom. The van der Waals surface area contributed by atoms with Gasteiger partial charge in [0, 0.05) is 53.1 Å². The van der Waals surface area contributed by atoms with Crippen LogP contribution in [0.3, 0.4) is 0 Å². The average molecular weight is 530 g/mol. The van der Waals surface area contributed by atoms with Gasteiger partial charge >= 0.3 is 0 Å². The number of benzene rings is 2. The van der Waals surface area contributed by atoms with E-state index in [0.717, 1.165) is 21.3 Å². The smallest absolute Gasteiger partial charge is 0.251 e. The third-order valence-electron chi connectivity index (χ3n) is 6.13. The van der Waals surface area contributed by atoms with Gasteiger partial charge in [-0.2, -0.15) is 4.31 Å².